The minimum absolute atomic E-state index is 0.0607. The number of Topliss-reactive ketones (excluding diaryl/α,β-unsaturated/α-hetero) is 1. The van der Waals surface area contributed by atoms with Gasteiger partial charge in [-0.2, -0.15) is 0 Å². The maximum atomic E-state index is 12.2. The molecule has 0 aliphatic carbocycles. The Balaban J connectivity index is 1.53. The first-order valence-electron chi connectivity index (χ1n) is 8.62. The van der Waals surface area contributed by atoms with Crippen molar-refractivity contribution in [2.45, 2.75) is 20.0 Å². The second-order valence-corrected chi connectivity index (χ2v) is 6.15. The lowest BCUT2D eigenvalue weighted by Crippen LogP contribution is -2.29. The molecule has 0 saturated carbocycles. The van der Waals surface area contributed by atoms with E-state index in [4.69, 9.17) is 14.2 Å². The summed E-state index contributed by atoms with van der Waals surface area (Å²) in [5.74, 6) is 0.0856. The lowest BCUT2D eigenvalue weighted by molar-refractivity contribution is -0.148. The van der Waals surface area contributed by atoms with Crippen molar-refractivity contribution < 1.29 is 28.6 Å². The fourth-order valence-corrected chi connectivity index (χ4v) is 2.48. The molecule has 0 bridgehead atoms. The van der Waals surface area contributed by atoms with Crippen LogP contribution in [0.1, 0.15) is 29.8 Å². The van der Waals surface area contributed by atoms with Crippen LogP contribution in [0.15, 0.2) is 48.5 Å². The highest BCUT2D eigenvalue weighted by Crippen LogP contribution is 2.32. The second kappa shape index (κ2) is 8.39. The molecule has 7 heteroatoms. The number of esters is 1. The van der Waals surface area contributed by atoms with Crippen LogP contribution in [0.25, 0.3) is 6.08 Å². The van der Waals surface area contributed by atoms with E-state index in [2.05, 4.69) is 5.32 Å². The molecule has 144 valence electrons. The topological polar surface area (TPSA) is 90.9 Å². The van der Waals surface area contributed by atoms with Gasteiger partial charge in [0.25, 0.3) is 5.91 Å². The molecule has 1 aliphatic heterocycles. The summed E-state index contributed by atoms with van der Waals surface area (Å²) in [5.41, 5.74) is 1.80. The number of ketones is 1. The van der Waals surface area contributed by atoms with Gasteiger partial charge in [-0.1, -0.05) is 6.07 Å². The molecule has 1 aliphatic rings. The molecule has 2 aromatic rings. The highest BCUT2D eigenvalue weighted by atomic mass is 16.7. The monoisotopic (exact) mass is 381 g/mol. The van der Waals surface area contributed by atoms with E-state index >= 15 is 0 Å². The van der Waals surface area contributed by atoms with Crippen molar-refractivity contribution in [2.75, 3.05) is 12.1 Å². The van der Waals surface area contributed by atoms with E-state index in [1.54, 1.807) is 48.5 Å². The summed E-state index contributed by atoms with van der Waals surface area (Å²) in [4.78, 5) is 35.4. The molecule has 28 heavy (non-hydrogen) atoms. The van der Waals surface area contributed by atoms with Crippen molar-refractivity contribution >= 4 is 29.4 Å². The predicted octanol–water partition coefficient (Wildman–Crippen LogP) is 3.20. The van der Waals surface area contributed by atoms with Gasteiger partial charge in [-0.05, 0) is 61.9 Å². The number of carbonyl (C=O) groups excluding carboxylic acids is 3. The molecule has 3 rings (SSSR count). The summed E-state index contributed by atoms with van der Waals surface area (Å²) < 4.78 is 15.6. The zero-order chi connectivity index (χ0) is 20.1. The molecular formula is C21H19NO6. The first kappa shape index (κ1) is 19.2. The highest BCUT2D eigenvalue weighted by Gasteiger charge is 2.17. The van der Waals surface area contributed by atoms with Crippen LogP contribution in [0.5, 0.6) is 11.5 Å². The molecule has 0 fully saturated rings. The molecule has 0 saturated heterocycles. The van der Waals surface area contributed by atoms with Crippen molar-refractivity contribution in [3.8, 4) is 11.5 Å². The number of benzene rings is 2. The summed E-state index contributed by atoms with van der Waals surface area (Å²) in [6.07, 6.45) is 1.82. The number of rotatable bonds is 6. The first-order chi connectivity index (χ1) is 13.4. The van der Waals surface area contributed by atoms with Crippen LogP contribution >= 0.6 is 0 Å². The van der Waals surface area contributed by atoms with Gasteiger partial charge in [-0.25, -0.2) is 4.79 Å². The van der Waals surface area contributed by atoms with Crippen molar-refractivity contribution in [3.05, 3.63) is 59.7 Å². The third kappa shape index (κ3) is 4.76. The van der Waals surface area contributed by atoms with Crippen LogP contribution in [-0.4, -0.2) is 30.6 Å². The summed E-state index contributed by atoms with van der Waals surface area (Å²) >= 11 is 0. The summed E-state index contributed by atoms with van der Waals surface area (Å²) in [6.45, 7) is 3.12. The molecular weight excluding hydrogens is 362 g/mol. The van der Waals surface area contributed by atoms with Crippen LogP contribution in [0.4, 0.5) is 5.69 Å². The fraction of sp³-hybridized carbons (Fsp3) is 0.190. The van der Waals surface area contributed by atoms with E-state index in [0.29, 0.717) is 22.7 Å². The maximum absolute atomic E-state index is 12.2. The van der Waals surface area contributed by atoms with Gasteiger partial charge in [0.05, 0.1) is 0 Å². The Morgan fingerprint density at radius 1 is 1.07 bits per heavy atom. The number of anilines is 1. The minimum atomic E-state index is -0.985. The number of hydrogen-bond donors (Lipinski definition) is 1. The van der Waals surface area contributed by atoms with Gasteiger partial charge in [0, 0.05) is 17.3 Å². The molecule has 0 unspecified atom stereocenters. The Kier molecular flexibility index (Phi) is 5.74. The molecule has 2 aromatic carbocycles. The van der Waals surface area contributed by atoms with Crippen LogP contribution in [0.2, 0.25) is 0 Å². The third-order valence-electron chi connectivity index (χ3n) is 4.03. The quantitative estimate of drug-likeness (QED) is 0.469. The Morgan fingerprint density at radius 2 is 1.79 bits per heavy atom. The summed E-state index contributed by atoms with van der Waals surface area (Å²) in [5, 5.41) is 2.63. The Labute approximate surface area is 161 Å². The van der Waals surface area contributed by atoms with Gasteiger partial charge in [0.2, 0.25) is 6.79 Å². The lowest BCUT2D eigenvalue weighted by Gasteiger charge is -2.12. The zero-order valence-electron chi connectivity index (χ0n) is 15.4. The fourth-order valence-electron chi connectivity index (χ4n) is 2.48. The van der Waals surface area contributed by atoms with Gasteiger partial charge in [0.1, 0.15) is 0 Å². The van der Waals surface area contributed by atoms with Crippen LogP contribution in [0.3, 0.4) is 0 Å². The molecule has 1 amide bonds. The third-order valence-corrected chi connectivity index (χ3v) is 4.03. The number of amides is 1. The van der Waals surface area contributed by atoms with Crippen molar-refractivity contribution in [1.29, 1.82) is 0 Å². The maximum Gasteiger partial charge on any atom is 0.331 e. The lowest BCUT2D eigenvalue weighted by atomic mass is 10.1. The molecule has 1 N–H and O–H groups in total. The van der Waals surface area contributed by atoms with E-state index in [0.717, 1.165) is 5.56 Å². The standard InChI is InChI=1S/C21H19NO6/c1-13(23)16-5-7-17(8-6-16)22-21(25)14(2)28-20(24)10-4-15-3-9-18-19(11-15)27-12-26-18/h3-11,14H,12H2,1-2H3,(H,22,25)/b10-4+/t14-/m0/s1. The van der Waals surface area contributed by atoms with E-state index in [-0.39, 0.29) is 12.6 Å². The van der Waals surface area contributed by atoms with Crippen LogP contribution in [0, 0.1) is 0 Å². The first-order valence-corrected chi connectivity index (χ1v) is 8.62. The van der Waals surface area contributed by atoms with Crippen LogP contribution in [-0.2, 0) is 14.3 Å². The van der Waals surface area contributed by atoms with Crippen molar-refractivity contribution in [1.82, 2.24) is 0 Å². The average Bonchev–Trinajstić information content (AvgIpc) is 3.14. The second-order valence-electron chi connectivity index (χ2n) is 6.15. The summed E-state index contributed by atoms with van der Waals surface area (Å²) in [6, 6.07) is 11.7. The number of hydrogen-bond acceptors (Lipinski definition) is 6. The van der Waals surface area contributed by atoms with Gasteiger partial charge < -0.3 is 19.5 Å². The predicted molar refractivity (Wildman–Crippen MR) is 102 cm³/mol. The molecule has 0 aromatic heterocycles. The smallest absolute Gasteiger partial charge is 0.331 e. The SMILES string of the molecule is CC(=O)c1ccc(NC(=O)[C@H](C)OC(=O)/C=C/c2ccc3c(c2)OCO3)cc1. The summed E-state index contributed by atoms with van der Waals surface area (Å²) in [7, 11) is 0. The molecule has 7 nitrogen and oxygen atoms in total. The van der Waals surface area contributed by atoms with Crippen molar-refractivity contribution in [2.24, 2.45) is 0 Å². The number of ether oxygens (including phenoxy) is 3. The molecule has 0 radical (unpaired) electrons. The van der Waals surface area contributed by atoms with Gasteiger partial charge in [-0.3, -0.25) is 9.59 Å². The Morgan fingerprint density at radius 3 is 2.50 bits per heavy atom. The van der Waals surface area contributed by atoms with E-state index < -0.39 is 18.0 Å². The molecule has 0 spiro atoms. The number of nitrogens with one attached hydrogen (secondary N) is 1. The zero-order valence-corrected chi connectivity index (χ0v) is 15.4. The van der Waals surface area contributed by atoms with Gasteiger partial charge in [0.15, 0.2) is 23.4 Å². The van der Waals surface area contributed by atoms with E-state index in [1.807, 2.05) is 0 Å². The van der Waals surface area contributed by atoms with E-state index in [9.17, 15) is 14.4 Å². The van der Waals surface area contributed by atoms with Gasteiger partial charge >= 0.3 is 5.97 Å². The largest absolute Gasteiger partial charge is 0.454 e. The number of fused-ring (bicyclic) bond motifs is 1. The molecule has 1 atom stereocenters. The van der Waals surface area contributed by atoms with Gasteiger partial charge in [-0.15, -0.1) is 0 Å². The number of carbonyl (C=O) groups is 3. The van der Waals surface area contributed by atoms with E-state index in [1.165, 1.54) is 19.9 Å². The van der Waals surface area contributed by atoms with Crippen LogP contribution < -0.4 is 14.8 Å². The molecule has 1 heterocycles. The normalized spacial score (nSPS) is 13.2. The average molecular weight is 381 g/mol. The Bertz CT molecular complexity index is 932. The minimum Gasteiger partial charge on any atom is -0.454 e. The Hall–Kier alpha value is -3.61. The van der Waals surface area contributed by atoms with Crippen molar-refractivity contribution in [3.63, 3.8) is 0 Å². The highest BCUT2D eigenvalue weighted by molar-refractivity contribution is 5.98.